The highest BCUT2D eigenvalue weighted by Crippen LogP contribution is 2.06. The Labute approximate surface area is 104 Å². The van der Waals surface area contributed by atoms with Crippen molar-refractivity contribution in [1.29, 1.82) is 0 Å². The maximum atomic E-state index is 4.98. The second-order valence-electron chi connectivity index (χ2n) is 4.68. The fraction of sp³-hybridized carbons (Fsp3) is 0.692. The van der Waals surface area contributed by atoms with Gasteiger partial charge in [0, 0.05) is 32.3 Å². The van der Waals surface area contributed by atoms with Gasteiger partial charge in [0.25, 0.3) is 0 Å². The minimum atomic E-state index is 0.589. The SMILES string of the molecule is COCCNCc1cc(C)nc(CC(C)C)n1. The number of nitrogens with zero attached hydrogens (tertiary/aromatic N) is 2. The normalized spacial score (nSPS) is 11.1. The zero-order valence-corrected chi connectivity index (χ0v) is 11.3. The molecule has 0 bridgehead atoms. The van der Waals surface area contributed by atoms with Gasteiger partial charge in [-0.1, -0.05) is 13.8 Å². The van der Waals surface area contributed by atoms with Gasteiger partial charge in [0.05, 0.1) is 12.3 Å². The summed E-state index contributed by atoms with van der Waals surface area (Å²) in [6.07, 6.45) is 0.937. The van der Waals surface area contributed by atoms with E-state index >= 15 is 0 Å². The summed E-state index contributed by atoms with van der Waals surface area (Å²) in [5.41, 5.74) is 2.10. The number of aromatic nitrogens is 2. The number of methoxy groups -OCH3 is 1. The van der Waals surface area contributed by atoms with Crippen LogP contribution in [0.3, 0.4) is 0 Å². The lowest BCUT2D eigenvalue weighted by Crippen LogP contribution is -2.20. The Balaban J connectivity index is 2.56. The van der Waals surface area contributed by atoms with E-state index < -0.39 is 0 Å². The fourth-order valence-electron chi connectivity index (χ4n) is 1.64. The van der Waals surface area contributed by atoms with Gasteiger partial charge in [-0.05, 0) is 18.9 Å². The highest BCUT2D eigenvalue weighted by molar-refractivity contribution is 5.10. The molecule has 0 atom stereocenters. The summed E-state index contributed by atoms with van der Waals surface area (Å²) in [6, 6.07) is 2.03. The summed E-state index contributed by atoms with van der Waals surface area (Å²) in [6.45, 7) is 8.73. The van der Waals surface area contributed by atoms with Crippen molar-refractivity contribution in [2.75, 3.05) is 20.3 Å². The molecule has 0 amide bonds. The van der Waals surface area contributed by atoms with Crippen LogP contribution in [0.15, 0.2) is 6.07 Å². The van der Waals surface area contributed by atoms with Gasteiger partial charge in [0.1, 0.15) is 5.82 Å². The molecule has 1 aromatic heterocycles. The standard InChI is InChI=1S/C13H23N3O/c1-10(2)7-13-15-11(3)8-12(16-13)9-14-5-6-17-4/h8,10,14H,5-7,9H2,1-4H3. The molecule has 1 N–H and O–H groups in total. The van der Waals surface area contributed by atoms with Gasteiger partial charge < -0.3 is 10.1 Å². The van der Waals surface area contributed by atoms with E-state index in [0.717, 1.165) is 43.3 Å². The molecular formula is C13H23N3O. The average Bonchev–Trinajstić information content (AvgIpc) is 2.22. The molecule has 1 aromatic rings. The van der Waals surface area contributed by atoms with E-state index in [2.05, 4.69) is 29.1 Å². The van der Waals surface area contributed by atoms with Crippen molar-refractivity contribution in [3.63, 3.8) is 0 Å². The van der Waals surface area contributed by atoms with E-state index in [1.165, 1.54) is 0 Å². The van der Waals surface area contributed by atoms with Crippen molar-refractivity contribution in [2.45, 2.75) is 33.7 Å². The van der Waals surface area contributed by atoms with Crippen LogP contribution in [-0.2, 0) is 17.7 Å². The Kier molecular flexibility index (Phi) is 6.08. The molecule has 0 fully saturated rings. The van der Waals surface area contributed by atoms with Crippen LogP contribution in [0.1, 0.15) is 31.1 Å². The molecule has 0 radical (unpaired) electrons. The molecule has 0 aliphatic carbocycles. The van der Waals surface area contributed by atoms with Crippen molar-refractivity contribution in [3.8, 4) is 0 Å². The van der Waals surface area contributed by atoms with Crippen molar-refractivity contribution in [3.05, 3.63) is 23.3 Å². The molecule has 0 saturated carbocycles. The quantitative estimate of drug-likeness (QED) is 0.734. The summed E-state index contributed by atoms with van der Waals surface area (Å²) in [5, 5.41) is 3.30. The largest absolute Gasteiger partial charge is 0.383 e. The molecule has 4 heteroatoms. The van der Waals surface area contributed by atoms with Gasteiger partial charge in [-0.3, -0.25) is 0 Å². The Bertz CT molecular complexity index is 339. The molecule has 17 heavy (non-hydrogen) atoms. The lowest BCUT2D eigenvalue weighted by Gasteiger charge is -2.08. The monoisotopic (exact) mass is 237 g/mol. The molecule has 4 nitrogen and oxygen atoms in total. The minimum absolute atomic E-state index is 0.589. The van der Waals surface area contributed by atoms with Gasteiger partial charge in [0.15, 0.2) is 0 Å². The second-order valence-corrected chi connectivity index (χ2v) is 4.68. The maximum Gasteiger partial charge on any atom is 0.129 e. The van der Waals surface area contributed by atoms with Gasteiger partial charge in [-0.2, -0.15) is 0 Å². The second kappa shape index (κ2) is 7.35. The Morgan fingerprint density at radius 2 is 2.12 bits per heavy atom. The van der Waals surface area contributed by atoms with E-state index in [1.807, 2.05) is 13.0 Å². The van der Waals surface area contributed by atoms with Crippen LogP contribution in [0, 0.1) is 12.8 Å². The lowest BCUT2D eigenvalue weighted by molar-refractivity contribution is 0.199. The third-order valence-electron chi connectivity index (χ3n) is 2.33. The molecule has 0 spiro atoms. The predicted octanol–water partition coefficient (Wildman–Crippen LogP) is 1.72. The first-order valence-electron chi connectivity index (χ1n) is 6.15. The van der Waals surface area contributed by atoms with Crippen molar-refractivity contribution >= 4 is 0 Å². The molecule has 0 aromatic carbocycles. The maximum absolute atomic E-state index is 4.98. The smallest absolute Gasteiger partial charge is 0.129 e. The third kappa shape index (κ3) is 5.75. The van der Waals surface area contributed by atoms with E-state index in [9.17, 15) is 0 Å². The van der Waals surface area contributed by atoms with Crippen molar-refractivity contribution in [1.82, 2.24) is 15.3 Å². The van der Waals surface area contributed by atoms with Crippen LogP contribution in [0.25, 0.3) is 0 Å². The summed E-state index contributed by atoms with van der Waals surface area (Å²) in [4.78, 5) is 9.01. The number of nitrogens with one attached hydrogen (secondary N) is 1. The zero-order valence-electron chi connectivity index (χ0n) is 11.3. The first-order valence-corrected chi connectivity index (χ1v) is 6.15. The highest BCUT2D eigenvalue weighted by atomic mass is 16.5. The Morgan fingerprint density at radius 1 is 1.35 bits per heavy atom. The molecule has 0 aliphatic heterocycles. The predicted molar refractivity (Wildman–Crippen MR) is 68.9 cm³/mol. The van der Waals surface area contributed by atoms with Crippen LogP contribution in [0.2, 0.25) is 0 Å². The van der Waals surface area contributed by atoms with Crippen LogP contribution in [-0.4, -0.2) is 30.2 Å². The molecular weight excluding hydrogens is 214 g/mol. The molecule has 0 aliphatic rings. The summed E-state index contributed by atoms with van der Waals surface area (Å²) >= 11 is 0. The average molecular weight is 237 g/mol. The molecule has 0 unspecified atom stereocenters. The summed E-state index contributed by atoms with van der Waals surface area (Å²) < 4.78 is 4.98. The van der Waals surface area contributed by atoms with Crippen LogP contribution in [0.4, 0.5) is 0 Å². The number of hydrogen-bond donors (Lipinski definition) is 1. The van der Waals surface area contributed by atoms with Gasteiger partial charge in [-0.25, -0.2) is 9.97 Å². The minimum Gasteiger partial charge on any atom is -0.383 e. The van der Waals surface area contributed by atoms with Crippen LogP contribution in [0.5, 0.6) is 0 Å². The van der Waals surface area contributed by atoms with E-state index in [-0.39, 0.29) is 0 Å². The third-order valence-corrected chi connectivity index (χ3v) is 2.33. The lowest BCUT2D eigenvalue weighted by atomic mass is 10.1. The van der Waals surface area contributed by atoms with E-state index in [1.54, 1.807) is 7.11 Å². The van der Waals surface area contributed by atoms with Gasteiger partial charge in [0.2, 0.25) is 0 Å². The summed E-state index contributed by atoms with van der Waals surface area (Å²) in [5.74, 6) is 1.54. The molecule has 0 saturated heterocycles. The molecule has 96 valence electrons. The van der Waals surface area contributed by atoms with Crippen molar-refractivity contribution in [2.24, 2.45) is 5.92 Å². The number of rotatable bonds is 7. The molecule has 1 heterocycles. The number of ether oxygens (including phenoxy) is 1. The van der Waals surface area contributed by atoms with Crippen LogP contribution < -0.4 is 5.32 Å². The summed E-state index contributed by atoms with van der Waals surface area (Å²) in [7, 11) is 1.71. The Morgan fingerprint density at radius 3 is 2.76 bits per heavy atom. The van der Waals surface area contributed by atoms with Gasteiger partial charge in [-0.15, -0.1) is 0 Å². The first-order chi connectivity index (χ1) is 8.11. The van der Waals surface area contributed by atoms with Crippen molar-refractivity contribution < 1.29 is 4.74 Å². The topological polar surface area (TPSA) is 47.0 Å². The fourth-order valence-corrected chi connectivity index (χ4v) is 1.64. The van der Waals surface area contributed by atoms with E-state index in [4.69, 9.17) is 4.74 Å². The van der Waals surface area contributed by atoms with Gasteiger partial charge >= 0.3 is 0 Å². The van der Waals surface area contributed by atoms with E-state index in [0.29, 0.717) is 5.92 Å². The first kappa shape index (κ1) is 14.1. The molecule has 1 rings (SSSR count). The number of hydrogen-bond acceptors (Lipinski definition) is 4. The van der Waals surface area contributed by atoms with Crippen LogP contribution >= 0.6 is 0 Å². The Hall–Kier alpha value is -1.00. The number of aryl methyl sites for hydroxylation is 1. The zero-order chi connectivity index (χ0) is 12.7. The highest BCUT2D eigenvalue weighted by Gasteiger charge is 2.04.